The van der Waals surface area contributed by atoms with E-state index in [1.807, 2.05) is 30.3 Å². The minimum atomic E-state index is -0.904. The van der Waals surface area contributed by atoms with E-state index in [1.165, 1.54) is 13.2 Å². The van der Waals surface area contributed by atoms with E-state index < -0.39 is 16.5 Å². The van der Waals surface area contributed by atoms with Gasteiger partial charge >= 0.3 is 0 Å². The van der Waals surface area contributed by atoms with Crippen LogP contribution in [0.1, 0.15) is 15.9 Å². The van der Waals surface area contributed by atoms with Crippen LogP contribution >= 0.6 is 0 Å². The van der Waals surface area contributed by atoms with Crippen molar-refractivity contribution in [2.75, 3.05) is 7.11 Å². The Morgan fingerprint density at radius 1 is 1.23 bits per heavy atom. The summed E-state index contributed by atoms with van der Waals surface area (Å²) in [5.74, 6) is -0.530. The van der Waals surface area contributed by atoms with E-state index >= 15 is 0 Å². The van der Waals surface area contributed by atoms with Gasteiger partial charge in [0.05, 0.1) is 18.1 Å². The maximum absolute atomic E-state index is 11.4. The van der Waals surface area contributed by atoms with Crippen LogP contribution in [0.2, 0.25) is 0 Å². The summed E-state index contributed by atoms with van der Waals surface area (Å²) in [6.45, 7) is 0.229. The molecular weight excluding hydrogens is 288 g/mol. The van der Waals surface area contributed by atoms with Crippen LogP contribution in [0.25, 0.3) is 0 Å². The highest BCUT2D eigenvalue weighted by Crippen LogP contribution is 2.35. The van der Waals surface area contributed by atoms with Crippen molar-refractivity contribution in [3.8, 4) is 11.5 Å². The normalized spacial score (nSPS) is 10.0. The number of carbonyl (C=O) groups excluding carboxylic acids is 1. The summed E-state index contributed by atoms with van der Waals surface area (Å²) in [7, 11) is 1.36. The quantitative estimate of drug-likeness (QED) is 0.651. The fourth-order valence-electron chi connectivity index (χ4n) is 1.91. The number of nitro benzene ring substituents is 1. The summed E-state index contributed by atoms with van der Waals surface area (Å²) < 4.78 is 10.7. The molecule has 114 valence electrons. The molecule has 0 saturated carbocycles. The molecular formula is C15H14N2O5. The van der Waals surface area contributed by atoms with Crippen molar-refractivity contribution in [2.45, 2.75) is 6.61 Å². The number of rotatable bonds is 6. The Kier molecular flexibility index (Phi) is 4.57. The van der Waals surface area contributed by atoms with Gasteiger partial charge in [-0.25, -0.2) is 0 Å². The second-order valence-electron chi connectivity index (χ2n) is 4.42. The van der Waals surface area contributed by atoms with Crippen LogP contribution in [0.3, 0.4) is 0 Å². The van der Waals surface area contributed by atoms with Crippen LogP contribution in [0.4, 0.5) is 5.69 Å². The zero-order valence-electron chi connectivity index (χ0n) is 11.8. The number of nitrogens with zero attached hydrogens (tertiary/aromatic N) is 1. The van der Waals surface area contributed by atoms with E-state index in [0.29, 0.717) is 0 Å². The summed E-state index contributed by atoms with van der Waals surface area (Å²) in [4.78, 5) is 21.7. The van der Waals surface area contributed by atoms with Gasteiger partial charge in [0, 0.05) is 6.07 Å². The molecule has 1 amide bonds. The predicted molar refractivity (Wildman–Crippen MR) is 78.9 cm³/mol. The Morgan fingerprint density at radius 2 is 1.91 bits per heavy atom. The molecule has 2 rings (SSSR count). The van der Waals surface area contributed by atoms with E-state index in [0.717, 1.165) is 11.6 Å². The molecule has 2 aromatic rings. The second kappa shape index (κ2) is 6.57. The van der Waals surface area contributed by atoms with Gasteiger partial charge in [-0.2, -0.15) is 0 Å². The number of methoxy groups -OCH3 is 1. The van der Waals surface area contributed by atoms with Crippen molar-refractivity contribution >= 4 is 11.6 Å². The Labute approximate surface area is 126 Å². The van der Waals surface area contributed by atoms with Gasteiger partial charge in [-0.1, -0.05) is 30.3 Å². The Morgan fingerprint density at radius 3 is 2.45 bits per heavy atom. The highest BCUT2D eigenvalue weighted by Gasteiger charge is 2.23. The molecule has 0 aromatic heterocycles. The fourth-order valence-corrected chi connectivity index (χ4v) is 1.91. The second-order valence-corrected chi connectivity index (χ2v) is 4.42. The van der Waals surface area contributed by atoms with Gasteiger partial charge in [-0.3, -0.25) is 14.9 Å². The van der Waals surface area contributed by atoms with Crippen LogP contribution in [-0.4, -0.2) is 17.9 Å². The third-order valence-electron chi connectivity index (χ3n) is 2.98. The molecule has 0 saturated heterocycles. The van der Waals surface area contributed by atoms with Crippen molar-refractivity contribution in [1.82, 2.24) is 0 Å². The maximum atomic E-state index is 11.4. The first kappa shape index (κ1) is 15.3. The van der Waals surface area contributed by atoms with E-state index in [2.05, 4.69) is 0 Å². The lowest BCUT2D eigenvalue weighted by Gasteiger charge is -2.12. The molecule has 0 heterocycles. The first-order valence-electron chi connectivity index (χ1n) is 6.36. The number of carbonyl (C=O) groups is 1. The molecule has 0 atom stereocenters. The van der Waals surface area contributed by atoms with Crippen LogP contribution in [0.15, 0.2) is 42.5 Å². The number of primary amides is 1. The third-order valence-corrected chi connectivity index (χ3v) is 2.98. The highest BCUT2D eigenvalue weighted by molar-refractivity contribution is 5.97. The lowest BCUT2D eigenvalue weighted by molar-refractivity contribution is -0.385. The van der Waals surface area contributed by atoms with Crippen molar-refractivity contribution < 1.29 is 19.2 Å². The minimum Gasteiger partial charge on any atom is -0.493 e. The number of benzene rings is 2. The van der Waals surface area contributed by atoms with E-state index in [1.54, 1.807) is 0 Å². The van der Waals surface area contributed by atoms with Gasteiger partial charge in [-0.05, 0) is 5.56 Å². The lowest BCUT2D eigenvalue weighted by atomic mass is 10.1. The van der Waals surface area contributed by atoms with Gasteiger partial charge in [0.1, 0.15) is 12.2 Å². The van der Waals surface area contributed by atoms with Crippen LogP contribution in [-0.2, 0) is 6.61 Å². The van der Waals surface area contributed by atoms with Crippen molar-refractivity contribution in [3.63, 3.8) is 0 Å². The average Bonchev–Trinajstić information content (AvgIpc) is 2.52. The number of nitrogens with two attached hydrogens (primary N) is 1. The van der Waals surface area contributed by atoms with Crippen molar-refractivity contribution in [3.05, 3.63) is 63.7 Å². The maximum Gasteiger partial charge on any atom is 0.286 e. The van der Waals surface area contributed by atoms with Crippen LogP contribution < -0.4 is 15.2 Å². The first-order valence-corrected chi connectivity index (χ1v) is 6.36. The topological polar surface area (TPSA) is 105 Å². The molecule has 0 aliphatic carbocycles. The summed E-state index contributed by atoms with van der Waals surface area (Å²) in [5.41, 5.74) is 5.44. The first-order chi connectivity index (χ1) is 10.5. The van der Waals surface area contributed by atoms with Crippen molar-refractivity contribution in [2.24, 2.45) is 5.73 Å². The molecule has 2 aromatic carbocycles. The molecule has 0 spiro atoms. The van der Waals surface area contributed by atoms with E-state index in [9.17, 15) is 14.9 Å². The molecule has 0 radical (unpaired) electrons. The number of nitro groups is 1. The zero-order valence-corrected chi connectivity index (χ0v) is 11.8. The molecule has 0 aliphatic rings. The molecule has 0 bridgehead atoms. The predicted octanol–water partition coefficient (Wildman–Crippen LogP) is 2.28. The van der Waals surface area contributed by atoms with Gasteiger partial charge < -0.3 is 15.2 Å². The Hall–Kier alpha value is -3.09. The Bertz CT molecular complexity index is 701. The molecule has 0 fully saturated rings. The molecule has 0 aliphatic heterocycles. The molecule has 2 N–H and O–H groups in total. The molecule has 7 nitrogen and oxygen atoms in total. The number of hydrogen-bond donors (Lipinski definition) is 1. The molecule has 0 unspecified atom stereocenters. The smallest absolute Gasteiger partial charge is 0.286 e. The van der Waals surface area contributed by atoms with Gasteiger partial charge in [0.25, 0.3) is 11.6 Å². The van der Waals surface area contributed by atoms with Crippen molar-refractivity contribution in [1.29, 1.82) is 0 Å². The minimum absolute atomic E-state index is 0.160. The standard InChI is InChI=1S/C15H14N2O5/c1-21-13-8-12(17(19)20)11(15(16)18)7-14(13)22-9-10-5-3-2-4-6-10/h2-8H,9H2,1H3,(H2,16,18). The summed E-state index contributed by atoms with van der Waals surface area (Å²) in [6.07, 6.45) is 0. The number of ether oxygens (including phenoxy) is 2. The Balaban J connectivity index is 2.35. The van der Waals surface area contributed by atoms with E-state index in [-0.39, 0.29) is 23.7 Å². The third kappa shape index (κ3) is 3.32. The van der Waals surface area contributed by atoms with Gasteiger partial charge in [0.2, 0.25) is 0 Å². The number of hydrogen-bond acceptors (Lipinski definition) is 5. The molecule has 22 heavy (non-hydrogen) atoms. The highest BCUT2D eigenvalue weighted by atomic mass is 16.6. The van der Waals surface area contributed by atoms with Gasteiger partial charge in [0.15, 0.2) is 11.5 Å². The van der Waals surface area contributed by atoms with Crippen LogP contribution in [0, 0.1) is 10.1 Å². The largest absolute Gasteiger partial charge is 0.493 e. The summed E-state index contributed by atoms with van der Waals surface area (Å²) in [5, 5.41) is 11.0. The van der Waals surface area contributed by atoms with Crippen LogP contribution in [0.5, 0.6) is 11.5 Å². The zero-order chi connectivity index (χ0) is 16.1. The lowest BCUT2D eigenvalue weighted by Crippen LogP contribution is -2.14. The average molecular weight is 302 g/mol. The summed E-state index contributed by atoms with van der Waals surface area (Å²) in [6, 6.07) is 11.7. The molecule has 7 heteroatoms. The van der Waals surface area contributed by atoms with Gasteiger partial charge in [-0.15, -0.1) is 0 Å². The number of amides is 1. The van der Waals surface area contributed by atoms with E-state index in [4.69, 9.17) is 15.2 Å². The summed E-state index contributed by atoms with van der Waals surface area (Å²) >= 11 is 0. The monoisotopic (exact) mass is 302 g/mol. The fraction of sp³-hybridized carbons (Fsp3) is 0.133. The SMILES string of the molecule is COc1cc([N+](=O)[O-])c(C(N)=O)cc1OCc1ccccc1.